The lowest BCUT2D eigenvalue weighted by atomic mass is 10.1. The number of thiazole rings is 1. The van der Waals surface area contributed by atoms with Crippen molar-refractivity contribution in [2.45, 2.75) is 31.3 Å². The number of carbonyl (C=O) groups is 1. The molecule has 2 aromatic carbocycles. The minimum Gasteiger partial charge on any atom is -0.495 e. The van der Waals surface area contributed by atoms with E-state index in [-0.39, 0.29) is 5.91 Å². The van der Waals surface area contributed by atoms with Crippen LogP contribution >= 0.6 is 23.1 Å². The van der Waals surface area contributed by atoms with Gasteiger partial charge < -0.3 is 4.74 Å². The summed E-state index contributed by atoms with van der Waals surface area (Å²) in [5, 5.41) is 12.2. The molecule has 0 fully saturated rings. The molecule has 0 radical (unpaired) electrons. The van der Waals surface area contributed by atoms with Crippen molar-refractivity contribution < 1.29 is 9.53 Å². The fourth-order valence-electron chi connectivity index (χ4n) is 3.51. The average molecular weight is 492 g/mol. The lowest BCUT2D eigenvalue weighted by molar-refractivity contribution is -0.115. The van der Waals surface area contributed by atoms with E-state index in [2.05, 4.69) is 40.4 Å². The highest BCUT2D eigenvalue weighted by Crippen LogP contribution is 2.36. The predicted octanol–water partition coefficient (Wildman–Crippen LogP) is 5.88. The van der Waals surface area contributed by atoms with Crippen LogP contribution in [0.15, 0.2) is 71.7 Å². The van der Waals surface area contributed by atoms with Crippen LogP contribution in [0.4, 0.5) is 10.8 Å². The molecule has 9 heteroatoms. The summed E-state index contributed by atoms with van der Waals surface area (Å²) in [6, 6.07) is 15.6. The summed E-state index contributed by atoms with van der Waals surface area (Å²) >= 11 is 2.97. The van der Waals surface area contributed by atoms with Crippen molar-refractivity contribution in [2.75, 3.05) is 12.0 Å². The number of para-hydroxylation sites is 2. The molecule has 0 saturated heterocycles. The minimum absolute atomic E-state index is 0.133. The maximum Gasteiger partial charge on any atom is 0.230 e. The van der Waals surface area contributed by atoms with Gasteiger partial charge in [-0.1, -0.05) is 53.7 Å². The van der Waals surface area contributed by atoms with Crippen LogP contribution < -0.4 is 9.64 Å². The van der Waals surface area contributed by atoms with Crippen molar-refractivity contribution in [2.24, 2.45) is 0 Å². The number of aromatic nitrogens is 4. The van der Waals surface area contributed by atoms with Crippen molar-refractivity contribution >= 4 is 39.8 Å². The zero-order valence-electron chi connectivity index (χ0n) is 19.3. The summed E-state index contributed by atoms with van der Waals surface area (Å²) in [5.74, 6) is 1.89. The van der Waals surface area contributed by atoms with Crippen molar-refractivity contribution in [3.8, 4) is 17.1 Å². The first-order valence-electron chi connectivity index (χ1n) is 10.6. The molecular weight excluding hydrogens is 466 g/mol. The summed E-state index contributed by atoms with van der Waals surface area (Å²) in [6.07, 6.45) is 1.84. The molecule has 2 heterocycles. The Hall–Kier alpha value is -3.43. The van der Waals surface area contributed by atoms with Gasteiger partial charge in [0, 0.05) is 30.2 Å². The Kier molecular flexibility index (Phi) is 7.44. The van der Waals surface area contributed by atoms with Crippen LogP contribution in [0.5, 0.6) is 5.75 Å². The number of nitrogens with zero attached hydrogens (tertiary/aromatic N) is 5. The number of amides is 1. The number of thioether (sulfide) groups is 1. The van der Waals surface area contributed by atoms with E-state index in [0.29, 0.717) is 28.9 Å². The van der Waals surface area contributed by atoms with Crippen LogP contribution in [0.1, 0.15) is 18.2 Å². The van der Waals surface area contributed by atoms with E-state index in [1.54, 1.807) is 23.8 Å². The van der Waals surface area contributed by atoms with Crippen LogP contribution in [0.25, 0.3) is 11.4 Å². The second kappa shape index (κ2) is 10.7. The number of hydrogen-bond acceptors (Lipinski definition) is 7. The number of methoxy groups -OCH3 is 1. The van der Waals surface area contributed by atoms with Gasteiger partial charge >= 0.3 is 0 Å². The highest BCUT2D eigenvalue weighted by Gasteiger charge is 2.21. The minimum atomic E-state index is -0.133. The molecule has 2 aromatic heterocycles. The van der Waals surface area contributed by atoms with Gasteiger partial charge in [-0.25, -0.2) is 4.98 Å². The quantitative estimate of drug-likeness (QED) is 0.215. The first-order chi connectivity index (χ1) is 16.5. The molecule has 1 amide bonds. The molecule has 0 unspecified atom stereocenters. The molecule has 0 aliphatic rings. The van der Waals surface area contributed by atoms with Crippen LogP contribution in [-0.4, -0.2) is 32.8 Å². The Balaban J connectivity index is 1.56. The van der Waals surface area contributed by atoms with E-state index in [0.717, 1.165) is 22.2 Å². The zero-order valence-corrected chi connectivity index (χ0v) is 20.9. The number of hydrogen-bond donors (Lipinski definition) is 0. The summed E-state index contributed by atoms with van der Waals surface area (Å²) in [6.45, 7) is 8.07. The number of aryl methyl sites for hydroxylation is 1. The molecule has 4 aromatic rings. The van der Waals surface area contributed by atoms with Crippen LogP contribution in [0.2, 0.25) is 0 Å². The number of allylic oxidation sites excluding steroid dienone is 1. The second-order valence-electron chi connectivity index (χ2n) is 7.51. The second-order valence-corrected chi connectivity index (χ2v) is 9.29. The molecule has 7 nitrogen and oxygen atoms in total. The normalized spacial score (nSPS) is 10.8. The van der Waals surface area contributed by atoms with E-state index in [4.69, 9.17) is 9.72 Å². The third kappa shape index (κ3) is 5.05. The van der Waals surface area contributed by atoms with E-state index in [1.165, 1.54) is 23.8 Å². The number of benzene rings is 2. The number of ether oxygens (including phenoxy) is 1. The molecule has 0 atom stereocenters. The molecular formula is C25H25N5O2S2. The van der Waals surface area contributed by atoms with Crippen molar-refractivity contribution in [1.29, 1.82) is 0 Å². The Morgan fingerprint density at radius 3 is 2.79 bits per heavy atom. The summed E-state index contributed by atoms with van der Waals surface area (Å²) in [4.78, 5) is 18.8. The van der Waals surface area contributed by atoms with Crippen molar-refractivity contribution in [3.63, 3.8) is 0 Å². The van der Waals surface area contributed by atoms with Crippen molar-refractivity contribution in [1.82, 2.24) is 19.7 Å². The van der Waals surface area contributed by atoms with Crippen LogP contribution in [0.3, 0.4) is 0 Å². The summed E-state index contributed by atoms with van der Waals surface area (Å²) < 4.78 is 7.50. The molecule has 174 valence electrons. The van der Waals surface area contributed by atoms with Gasteiger partial charge in [0.25, 0.3) is 0 Å². The zero-order chi connectivity index (χ0) is 24.1. The van der Waals surface area contributed by atoms with Crippen LogP contribution in [-0.2, 0) is 17.1 Å². The smallest absolute Gasteiger partial charge is 0.230 e. The Morgan fingerprint density at radius 2 is 2.06 bits per heavy atom. The first kappa shape index (κ1) is 23.7. The number of rotatable bonds is 9. The van der Waals surface area contributed by atoms with Gasteiger partial charge in [0.2, 0.25) is 5.91 Å². The van der Waals surface area contributed by atoms with Crippen LogP contribution in [0, 0.1) is 6.92 Å². The monoisotopic (exact) mass is 491 g/mol. The van der Waals surface area contributed by atoms with E-state index in [9.17, 15) is 4.79 Å². The highest BCUT2D eigenvalue weighted by atomic mass is 32.2. The SMILES string of the molecule is C=CCn1c(SCc2csc(N(C(C)=O)c3ccccc3OC)n2)nnc1-c1cccc(C)c1. The topological polar surface area (TPSA) is 73.1 Å². The van der Waals surface area contributed by atoms with E-state index >= 15 is 0 Å². The molecule has 0 N–H and O–H groups in total. The Morgan fingerprint density at radius 1 is 1.24 bits per heavy atom. The van der Waals surface area contributed by atoms with Gasteiger partial charge in [-0.05, 0) is 25.1 Å². The molecule has 4 rings (SSSR count). The number of anilines is 2. The fraction of sp³-hybridized carbons (Fsp3) is 0.200. The third-order valence-electron chi connectivity index (χ3n) is 5.03. The third-order valence-corrected chi connectivity index (χ3v) is 6.90. The largest absolute Gasteiger partial charge is 0.495 e. The average Bonchev–Trinajstić information content (AvgIpc) is 3.45. The maximum absolute atomic E-state index is 12.5. The first-order valence-corrected chi connectivity index (χ1v) is 12.5. The van der Waals surface area contributed by atoms with E-state index < -0.39 is 0 Å². The summed E-state index contributed by atoms with van der Waals surface area (Å²) in [7, 11) is 1.59. The lowest BCUT2D eigenvalue weighted by Gasteiger charge is -2.20. The maximum atomic E-state index is 12.5. The van der Waals surface area contributed by atoms with Crippen molar-refractivity contribution in [3.05, 3.63) is 77.8 Å². The number of carbonyl (C=O) groups excluding carboxylic acids is 1. The lowest BCUT2D eigenvalue weighted by Crippen LogP contribution is -2.23. The van der Waals surface area contributed by atoms with Gasteiger partial charge in [-0.3, -0.25) is 14.3 Å². The van der Waals surface area contributed by atoms with Gasteiger partial charge in [0.15, 0.2) is 16.1 Å². The fourth-order valence-corrected chi connectivity index (χ4v) is 5.34. The van der Waals surface area contributed by atoms with Gasteiger partial charge in [0.05, 0.1) is 18.5 Å². The van der Waals surface area contributed by atoms with E-state index in [1.807, 2.05) is 47.9 Å². The van der Waals surface area contributed by atoms with Gasteiger partial charge in [-0.2, -0.15) is 0 Å². The molecule has 0 aliphatic heterocycles. The Bertz CT molecular complexity index is 1310. The molecule has 0 aliphatic carbocycles. The van der Waals surface area contributed by atoms with Gasteiger partial charge in [-0.15, -0.1) is 28.1 Å². The van der Waals surface area contributed by atoms with Gasteiger partial charge in [0.1, 0.15) is 5.75 Å². The molecule has 34 heavy (non-hydrogen) atoms. The standard InChI is InChI=1S/C25H25N5O2S2/c1-5-13-29-23(19-10-8-9-17(2)14-19)27-28-25(29)34-16-20-15-33-24(26-20)30(18(3)31)21-11-6-7-12-22(21)32-4/h5-12,14-15H,1,13,16H2,2-4H3. The molecule has 0 saturated carbocycles. The molecule has 0 bridgehead atoms. The predicted molar refractivity (Wildman–Crippen MR) is 138 cm³/mol. The summed E-state index contributed by atoms with van der Waals surface area (Å²) in [5.41, 5.74) is 3.71. The Labute approximate surface area is 207 Å². The highest BCUT2D eigenvalue weighted by molar-refractivity contribution is 7.98. The molecule has 0 spiro atoms.